The number of aromatic amines is 1. The summed E-state index contributed by atoms with van der Waals surface area (Å²) in [6, 6.07) is 1.58. The molecule has 0 spiro atoms. The standard InChI is InChI=1S/C20H22ClN7O2/c1-20(2,3)12(7-14(29)30)24-16-10-5-6-28(4)19(10)27-17(26-16)11-8-22-18-15(11)25-13(21)9-23-18/h5-6,8-9,12H,7H2,1-4H3,(H,22,23)(H,29,30)(H,24,26,27)/t12-/m1/s1. The van der Waals surface area contributed by atoms with E-state index in [9.17, 15) is 9.90 Å². The van der Waals surface area contributed by atoms with Crippen molar-refractivity contribution < 1.29 is 9.90 Å². The fourth-order valence-electron chi connectivity index (χ4n) is 3.32. The van der Waals surface area contributed by atoms with Gasteiger partial charge in [0.15, 0.2) is 11.5 Å². The lowest BCUT2D eigenvalue weighted by molar-refractivity contribution is -0.137. The summed E-state index contributed by atoms with van der Waals surface area (Å²) in [6.45, 7) is 5.99. The number of carboxylic acids is 1. The van der Waals surface area contributed by atoms with Gasteiger partial charge in [-0.3, -0.25) is 4.79 Å². The number of carboxylic acid groups (broad SMARTS) is 1. The van der Waals surface area contributed by atoms with E-state index < -0.39 is 5.97 Å². The number of aromatic nitrogens is 6. The lowest BCUT2D eigenvalue weighted by atomic mass is 9.84. The minimum atomic E-state index is -0.873. The average Bonchev–Trinajstić information content (AvgIpc) is 3.23. The van der Waals surface area contributed by atoms with Gasteiger partial charge < -0.3 is 20.0 Å². The summed E-state index contributed by atoms with van der Waals surface area (Å²) in [5, 5.41) is 13.8. The van der Waals surface area contributed by atoms with Crippen LogP contribution < -0.4 is 5.32 Å². The third kappa shape index (κ3) is 3.68. The molecular formula is C20H22ClN7O2. The first-order chi connectivity index (χ1) is 14.1. The van der Waals surface area contributed by atoms with E-state index in [1.807, 2.05) is 44.6 Å². The fourth-order valence-corrected chi connectivity index (χ4v) is 3.45. The van der Waals surface area contributed by atoms with Gasteiger partial charge in [-0.05, 0) is 11.5 Å². The zero-order valence-corrected chi connectivity index (χ0v) is 17.8. The molecule has 0 aliphatic heterocycles. The molecule has 10 heteroatoms. The third-order valence-electron chi connectivity index (χ3n) is 5.05. The van der Waals surface area contributed by atoms with Crippen molar-refractivity contribution in [1.82, 2.24) is 29.5 Å². The van der Waals surface area contributed by atoms with E-state index in [2.05, 4.69) is 20.3 Å². The summed E-state index contributed by atoms with van der Waals surface area (Å²) in [6.07, 6.45) is 5.07. The Morgan fingerprint density at radius 1 is 1.33 bits per heavy atom. The lowest BCUT2D eigenvalue weighted by Gasteiger charge is -2.31. The van der Waals surface area contributed by atoms with Gasteiger partial charge in [-0.2, -0.15) is 0 Å². The van der Waals surface area contributed by atoms with Gasteiger partial charge in [-0.15, -0.1) is 0 Å². The van der Waals surface area contributed by atoms with Crippen LogP contribution in [0.15, 0.2) is 24.7 Å². The Bertz CT molecular complexity index is 1260. The summed E-state index contributed by atoms with van der Waals surface area (Å²) < 4.78 is 1.89. The van der Waals surface area contributed by atoms with Crippen LogP contribution >= 0.6 is 11.6 Å². The predicted octanol–water partition coefficient (Wildman–Crippen LogP) is 3.86. The van der Waals surface area contributed by atoms with E-state index in [1.54, 1.807) is 6.20 Å². The number of H-pyrrole nitrogens is 1. The van der Waals surface area contributed by atoms with Crippen molar-refractivity contribution in [3.05, 3.63) is 29.8 Å². The zero-order chi connectivity index (χ0) is 21.6. The fraction of sp³-hybridized carbons (Fsp3) is 0.350. The van der Waals surface area contributed by atoms with Gasteiger partial charge in [0.1, 0.15) is 22.1 Å². The summed E-state index contributed by atoms with van der Waals surface area (Å²) in [7, 11) is 1.90. The van der Waals surface area contributed by atoms with Crippen molar-refractivity contribution in [3.8, 4) is 11.4 Å². The molecular weight excluding hydrogens is 406 g/mol. The smallest absolute Gasteiger partial charge is 0.305 e. The molecule has 0 bridgehead atoms. The van der Waals surface area contributed by atoms with E-state index in [0.29, 0.717) is 28.4 Å². The first-order valence-corrected chi connectivity index (χ1v) is 9.82. The number of carbonyl (C=O) groups is 1. The molecule has 0 aliphatic rings. The quantitative estimate of drug-likeness (QED) is 0.442. The molecule has 4 aromatic heterocycles. The van der Waals surface area contributed by atoms with Crippen LogP contribution in [-0.4, -0.2) is 46.6 Å². The molecule has 0 saturated heterocycles. The molecule has 0 amide bonds. The molecule has 1 atom stereocenters. The molecule has 156 valence electrons. The van der Waals surface area contributed by atoms with Gasteiger partial charge in [0.2, 0.25) is 0 Å². The van der Waals surface area contributed by atoms with Crippen molar-refractivity contribution in [1.29, 1.82) is 0 Å². The Balaban J connectivity index is 1.88. The average molecular weight is 428 g/mol. The Morgan fingerprint density at radius 2 is 2.10 bits per heavy atom. The Labute approximate surface area is 177 Å². The number of aryl methyl sites for hydroxylation is 1. The number of nitrogens with zero attached hydrogens (tertiary/aromatic N) is 5. The van der Waals surface area contributed by atoms with E-state index in [0.717, 1.165) is 11.0 Å². The van der Waals surface area contributed by atoms with Crippen LogP contribution in [0.4, 0.5) is 5.82 Å². The number of nitrogens with one attached hydrogen (secondary N) is 2. The highest BCUT2D eigenvalue weighted by Gasteiger charge is 2.28. The lowest BCUT2D eigenvalue weighted by Crippen LogP contribution is -2.36. The molecule has 4 heterocycles. The number of hydrogen-bond acceptors (Lipinski definition) is 6. The topological polar surface area (TPSA) is 122 Å². The summed E-state index contributed by atoms with van der Waals surface area (Å²) in [4.78, 5) is 32.6. The van der Waals surface area contributed by atoms with Crippen molar-refractivity contribution in [2.75, 3.05) is 5.32 Å². The second-order valence-electron chi connectivity index (χ2n) is 8.31. The van der Waals surface area contributed by atoms with Crippen molar-refractivity contribution >= 4 is 45.6 Å². The van der Waals surface area contributed by atoms with E-state index in [4.69, 9.17) is 21.6 Å². The maximum Gasteiger partial charge on any atom is 0.305 e. The van der Waals surface area contributed by atoms with Gasteiger partial charge in [-0.1, -0.05) is 32.4 Å². The normalized spacial score (nSPS) is 13.1. The van der Waals surface area contributed by atoms with E-state index in [-0.39, 0.29) is 23.0 Å². The minimum absolute atomic E-state index is 0.0364. The number of aliphatic carboxylic acids is 1. The number of hydrogen-bond donors (Lipinski definition) is 3. The SMILES string of the molecule is Cn1ccc2c(N[C@H](CC(=O)O)C(C)(C)C)nc(-c3c[nH]c4ncc(Cl)nc34)nc21. The molecule has 0 radical (unpaired) electrons. The second kappa shape index (κ2) is 7.24. The van der Waals surface area contributed by atoms with Crippen molar-refractivity contribution in [2.24, 2.45) is 12.5 Å². The van der Waals surface area contributed by atoms with Gasteiger partial charge >= 0.3 is 5.97 Å². The van der Waals surface area contributed by atoms with Gasteiger partial charge in [0.25, 0.3) is 0 Å². The van der Waals surface area contributed by atoms with Gasteiger partial charge in [-0.25, -0.2) is 19.9 Å². The summed E-state index contributed by atoms with van der Waals surface area (Å²) in [5.74, 6) is 0.140. The largest absolute Gasteiger partial charge is 0.481 e. The molecule has 0 saturated carbocycles. The highest BCUT2D eigenvalue weighted by molar-refractivity contribution is 6.29. The molecule has 30 heavy (non-hydrogen) atoms. The third-order valence-corrected chi connectivity index (χ3v) is 5.23. The minimum Gasteiger partial charge on any atom is -0.481 e. The predicted molar refractivity (Wildman–Crippen MR) is 116 cm³/mol. The Kier molecular flexibility index (Phi) is 4.85. The van der Waals surface area contributed by atoms with Crippen LogP contribution in [0.1, 0.15) is 27.2 Å². The van der Waals surface area contributed by atoms with Crippen LogP contribution in [0, 0.1) is 5.41 Å². The maximum atomic E-state index is 11.4. The molecule has 0 aliphatic carbocycles. The number of rotatable bonds is 5. The maximum absolute atomic E-state index is 11.4. The number of anilines is 1. The van der Waals surface area contributed by atoms with Gasteiger partial charge in [0.05, 0.1) is 23.6 Å². The first kappa shape index (κ1) is 20.1. The van der Waals surface area contributed by atoms with Crippen molar-refractivity contribution in [2.45, 2.75) is 33.2 Å². The molecule has 0 unspecified atom stereocenters. The molecule has 4 aromatic rings. The molecule has 4 rings (SSSR count). The van der Waals surface area contributed by atoms with Crippen molar-refractivity contribution in [3.63, 3.8) is 0 Å². The van der Waals surface area contributed by atoms with Crippen LogP contribution in [0.3, 0.4) is 0 Å². The molecule has 3 N–H and O–H groups in total. The van der Waals surface area contributed by atoms with E-state index in [1.165, 1.54) is 6.20 Å². The van der Waals surface area contributed by atoms with E-state index >= 15 is 0 Å². The monoisotopic (exact) mass is 427 g/mol. The highest BCUT2D eigenvalue weighted by Crippen LogP contribution is 2.32. The van der Waals surface area contributed by atoms with Crippen LogP contribution in [0.25, 0.3) is 33.6 Å². The molecule has 9 nitrogen and oxygen atoms in total. The first-order valence-electron chi connectivity index (χ1n) is 9.45. The summed E-state index contributed by atoms with van der Waals surface area (Å²) >= 11 is 6.04. The Hall–Kier alpha value is -3.20. The van der Waals surface area contributed by atoms with Crippen LogP contribution in [0.5, 0.6) is 0 Å². The number of fused-ring (bicyclic) bond motifs is 2. The van der Waals surface area contributed by atoms with Crippen LogP contribution in [-0.2, 0) is 11.8 Å². The number of halogens is 1. The highest BCUT2D eigenvalue weighted by atomic mass is 35.5. The van der Waals surface area contributed by atoms with Gasteiger partial charge in [0, 0.05) is 25.5 Å². The second-order valence-corrected chi connectivity index (χ2v) is 8.70. The molecule has 0 aromatic carbocycles. The zero-order valence-electron chi connectivity index (χ0n) is 17.1. The molecule has 0 fully saturated rings. The summed E-state index contributed by atoms with van der Waals surface area (Å²) in [5.41, 5.74) is 2.23. The Morgan fingerprint density at radius 3 is 2.80 bits per heavy atom. The van der Waals surface area contributed by atoms with Crippen LogP contribution in [0.2, 0.25) is 5.15 Å².